The molecule has 1 aliphatic heterocycles. The van der Waals surface area contributed by atoms with E-state index in [4.69, 9.17) is 5.73 Å². The Hall–Kier alpha value is -1.02. The topological polar surface area (TPSA) is 29.3 Å². The number of hydrogen-bond acceptors (Lipinski definition) is 2. The summed E-state index contributed by atoms with van der Waals surface area (Å²) in [4.78, 5) is 2.64. The van der Waals surface area contributed by atoms with Crippen LogP contribution in [0.25, 0.3) is 0 Å². The molecule has 0 spiro atoms. The third-order valence-corrected chi connectivity index (χ3v) is 5.64. The lowest BCUT2D eigenvalue weighted by Crippen LogP contribution is -2.53. The van der Waals surface area contributed by atoms with E-state index in [2.05, 4.69) is 43.9 Å². The summed E-state index contributed by atoms with van der Waals surface area (Å²) in [5.74, 6) is 1.62. The Morgan fingerprint density at radius 3 is 2.81 bits per heavy atom. The fourth-order valence-corrected chi connectivity index (χ4v) is 4.27. The zero-order chi connectivity index (χ0) is 15.0. The van der Waals surface area contributed by atoms with Gasteiger partial charge in [0.05, 0.1) is 0 Å². The Morgan fingerprint density at radius 1 is 1.24 bits per heavy atom. The molecule has 116 valence electrons. The smallest absolute Gasteiger partial charge is 0.0443 e. The molecular formula is C19H30N2. The first-order valence-electron chi connectivity index (χ1n) is 8.68. The molecule has 0 radical (unpaired) electrons. The Balaban J connectivity index is 1.86. The first kappa shape index (κ1) is 14.9. The normalized spacial score (nSPS) is 29.6. The van der Waals surface area contributed by atoms with E-state index in [9.17, 15) is 0 Å². The maximum atomic E-state index is 6.52. The van der Waals surface area contributed by atoms with Crippen LogP contribution in [0.5, 0.6) is 0 Å². The van der Waals surface area contributed by atoms with Crippen LogP contribution in [0.15, 0.2) is 18.2 Å². The number of rotatable bonds is 2. The minimum Gasteiger partial charge on any atom is -0.367 e. The highest BCUT2D eigenvalue weighted by Gasteiger charge is 2.35. The van der Waals surface area contributed by atoms with E-state index in [1.54, 1.807) is 0 Å². The van der Waals surface area contributed by atoms with Crippen LogP contribution < -0.4 is 10.6 Å². The molecule has 3 rings (SSSR count). The van der Waals surface area contributed by atoms with Crippen molar-refractivity contribution in [2.45, 2.75) is 65.0 Å². The average molecular weight is 286 g/mol. The summed E-state index contributed by atoms with van der Waals surface area (Å²) >= 11 is 0. The van der Waals surface area contributed by atoms with Gasteiger partial charge in [-0.2, -0.15) is 0 Å². The van der Waals surface area contributed by atoms with Crippen LogP contribution >= 0.6 is 0 Å². The minimum atomic E-state index is 0.340. The van der Waals surface area contributed by atoms with Gasteiger partial charge in [-0.15, -0.1) is 0 Å². The summed E-state index contributed by atoms with van der Waals surface area (Å²) in [5, 5.41) is 0. The molecule has 1 fully saturated rings. The summed E-state index contributed by atoms with van der Waals surface area (Å²) in [7, 11) is 0. The summed E-state index contributed by atoms with van der Waals surface area (Å²) in [6, 6.07) is 7.83. The van der Waals surface area contributed by atoms with Crippen LogP contribution in [0.4, 0.5) is 5.69 Å². The van der Waals surface area contributed by atoms with Gasteiger partial charge in [0.15, 0.2) is 0 Å². The van der Waals surface area contributed by atoms with Crippen LogP contribution in [-0.2, 0) is 6.42 Å². The van der Waals surface area contributed by atoms with Crippen molar-refractivity contribution >= 4 is 5.69 Å². The number of hydrogen-bond donors (Lipinski definition) is 1. The van der Waals surface area contributed by atoms with E-state index in [1.807, 2.05) is 0 Å². The van der Waals surface area contributed by atoms with Crippen molar-refractivity contribution in [2.24, 2.45) is 17.6 Å². The number of nitrogens with zero attached hydrogens (tertiary/aromatic N) is 1. The lowest BCUT2D eigenvalue weighted by atomic mass is 9.76. The first-order valence-corrected chi connectivity index (χ1v) is 8.68. The lowest BCUT2D eigenvalue weighted by Gasteiger charge is -2.45. The number of aryl methyl sites for hydroxylation is 2. The van der Waals surface area contributed by atoms with E-state index in [-0.39, 0.29) is 0 Å². The summed E-state index contributed by atoms with van der Waals surface area (Å²) in [6.45, 7) is 8.11. The van der Waals surface area contributed by atoms with E-state index >= 15 is 0 Å². The van der Waals surface area contributed by atoms with Gasteiger partial charge in [0.2, 0.25) is 0 Å². The first-order chi connectivity index (χ1) is 10.1. The Bertz CT molecular complexity index is 494. The molecule has 0 saturated heterocycles. The highest BCUT2D eigenvalue weighted by atomic mass is 15.2. The Morgan fingerprint density at radius 2 is 2.05 bits per heavy atom. The third-order valence-electron chi connectivity index (χ3n) is 5.64. The Kier molecular flexibility index (Phi) is 4.26. The van der Waals surface area contributed by atoms with Crippen molar-refractivity contribution in [1.29, 1.82) is 0 Å². The van der Waals surface area contributed by atoms with Gasteiger partial charge in [0, 0.05) is 24.3 Å². The second kappa shape index (κ2) is 6.00. The molecule has 3 atom stereocenters. The highest BCUT2D eigenvalue weighted by Crippen LogP contribution is 2.37. The van der Waals surface area contributed by atoms with Crippen molar-refractivity contribution in [3.8, 4) is 0 Å². The van der Waals surface area contributed by atoms with Gasteiger partial charge in [0.1, 0.15) is 0 Å². The maximum absolute atomic E-state index is 6.52. The quantitative estimate of drug-likeness (QED) is 0.893. The van der Waals surface area contributed by atoms with Gasteiger partial charge < -0.3 is 10.6 Å². The summed E-state index contributed by atoms with van der Waals surface area (Å²) in [5.41, 5.74) is 10.9. The Labute approximate surface area is 129 Å². The van der Waals surface area contributed by atoms with Crippen LogP contribution in [0.1, 0.15) is 50.7 Å². The third kappa shape index (κ3) is 2.96. The molecule has 1 aromatic rings. The monoisotopic (exact) mass is 286 g/mol. The van der Waals surface area contributed by atoms with Gasteiger partial charge >= 0.3 is 0 Å². The molecule has 0 aromatic heterocycles. The van der Waals surface area contributed by atoms with Gasteiger partial charge in [0.25, 0.3) is 0 Å². The van der Waals surface area contributed by atoms with Crippen LogP contribution in [0.3, 0.4) is 0 Å². The van der Waals surface area contributed by atoms with Crippen LogP contribution in [0.2, 0.25) is 0 Å². The summed E-state index contributed by atoms with van der Waals surface area (Å²) in [6.07, 6.45) is 6.26. The van der Waals surface area contributed by atoms with Gasteiger partial charge in [-0.1, -0.05) is 31.5 Å². The lowest BCUT2D eigenvalue weighted by molar-refractivity contribution is 0.225. The molecule has 1 saturated carbocycles. The molecule has 2 N–H and O–H groups in total. The van der Waals surface area contributed by atoms with Crippen molar-refractivity contribution in [3.05, 3.63) is 29.3 Å². The van der Waals surface area contributed by atoms with Crippen LogP contribution in [0, 0.1) is 18.8 Å². The van der Waals surface area contributed by atoms with Crippen molar-refractivity contribution in [2.75, 3.05) is 11.4 Å². The standard InChI is InChI=1S/C19H30N2/c1-13(2)15-7-8-17(20)19(12-15)21-10-4-5-16-11-14(3)6-9-18(16)21/h6,9,11,13,15,17,19H,4-5,7-8,10,12,20H2,1-3H3. The summed E-state index contributed by atoms with van der Waals surface area (Å²) < 4.78 is 0. The molecule has 3 unspecified atom stereocenters. The predicted octanol–water partition coefficient (Wildman–Crippen LogP) is 3.90. The number of nitrogens with two attached hydrogens (primary N) is 1. The molecule has 1 aromatic carbocycles. The molecule has 1 aliphatic carbocycles. The van der Waals surface area contributed by atoms with Gasteiger partial charge in [-0.3, -0.25) is 0 Å². The second-order valence-electron chi connectivity index (χ2n) is 7.48. The van der Waals surface area contributed by atoms with Crippen molar-refractivity contribution in [3.63, 3.8) is 0 Å². The van der Waals surface area contributed by atoms with Gasteiger partial charge in [-0.05, 0) is 62.5 Å². The van der Waals surface area contributed by atoms with Crippen molar-refractivity contribution < 1.29 is 0 Å². The molecule has 0 bridgehead atoms. The molecule has 21 heavy (non-hydrogen) atoms. The largest absolute Gasteiger partial charge is 0.367 e. The van der Waals surface area contributed by atoms with Crippen LogP contribution in [-0.4, -0.2) is 18.6 Å². The number of fused-ring (bicyclic) bond motifs is 1. The van der Waals surface area contributed by atoms with Crippen molar-refractivity contribution in [1.82, 2.24) is 0 Å². The zero-order valence-corrected chi connectivity index (χ0v) is 13.8. The van der Waals surface area contributed by atoms with Gasteiger partial charge in [-0.25, -0.2) is 0 Å². The van der Waals surface area contributed by atoms with E-state index in [1.165, 1.54) is 55.5 Å². The molecular weight excluding hydrogens is 256 g/mol. The van der Waals surface area contributed by atoms with E-state index in [0.717, 1.165) is 11.8 Å². The van der Waals surface area contributed by atoms with E-state index < -0.39 is 0 Å². The molecule has 1 heterocycles. The number of benzene rings is 1. The zero-order valence-electron chi connectivity index (χ0n) is 13.8. The van der Waals surface area contributed by atoms with E-state index in [0.29, 0.717) is 12.1 Å². The SMILES string of the molecule is Cc1ccc2c(c1)CCCN2C1CC(C(C)C)CCC1N. The second-order valence-corrected chi connectivity index (χ2v) is 7.48. The minimum absolute atomic E-state index is 0.340. The fourth-order valence-electron chi connectivity index (χ4n) is 4.27. The predicted molar refractivity (Wildman–Crippen MR) is 90.8 cm³/mol. The molecule has 2 nitrogen and oxygen atoms in total. The average Bonchev–Trinajstić information content (AvgIpc) is 2.46. The molecule has 2 heteroatoms. The fraction of sp³-hybridized carbons (Fsp3) is 0.684. The molecule has 0 amide bonds. The maximum Gasteiger partial charge on any atom is 0.0443 e. The number of anilines is 1. The highest BCUT2D eigenvalue weighted by molar-refractivity contribution is 5.57. The molecule has 2 aliphatic rings.